The fourth-order valence-corrected chi connectivity index (χ4v) is 0. The molecule has 0 saturated heterocycles. The Morgan fingerprint density at radius 3 is 1.00 bits per heavy atom. The Balaban J connectivity index is 0. The smallest absolute Gasteiger partial charge is 0.0683 e. The van der Waals surface area contributed by atoms with Crippen molar-refractivity contribution >= 4 is 8.60 Å². The van der Waals surface area contributed by atoms with Gasteiger partial charge >= 0.3 is 0 Å². The Morgan fingerprint density at radius 1 is 1.00 bits per heavy atom. The average Bonchev–Trinajstić information content (AvgIpc) is 1.41. The second kappa shape index (κ2) is 9.00. The molecule has 0 saturated carbocycles. The summed E-state index contributed by atoms with van der Waals surface area (Å²) >= 11 is 0. The Hall–Kier alpha value is 0.310. The molecular weight excluding hydrogens is 103 g/mol. The predicted molar refractivity (Wildman–Crippen MR) is 18.3 cm³/mol. The Bertz CT molecular complexity index is 13.5. The van der Waals surface area contributed by atoms with Crippen LogP contribution in [0.1, 0.15) is 13.8 Å². The van der Waals surface area contributed by atoms with E-state index in [1.807, 2.05) is 13.8 Å². The van der Waals surface area contributed by atoms with Crippen molar-refractivity contribution in [3.05, 3.63) is 0 Å². The maximum Gasteiger partial charge on any atom is -0.0683 e. The summed E-state index contributed by atoms with van der Waals surface area (Å²) < 4.78 is 0. The van der Waals surface area contributed by atoms with Crippen molar-refractivity contribution in [2.45, 2.75) is 13.8 Å². The lowest BCUT2D eigenvalue weighted by atomic mass is 11.0. The first-order valence-electron chi connectivity index (χ1n) is 1.55. The van der Waals surface area contributed by atoms with E-state index in [1.165, 1.54) is 0 Å². The first kappa shape index (κ1) is 9.58. The third kappa shape index (κ3) is 491. The molecule has 0 aliphatic heterocycles. The maximum absolute atomic E-state index is 8.48. The largest absolute Gasteiger partial charge is 0.854 e. The van der Waals surface area contributed by atoms with E-state index in [0.29, 0.717) is 0 Å². The van der Waals surface area contributed by atoms with E-state index in [9.17, 15) is 0 Å². The van der Waals surface area contributed by atoms with Crippen LogP contribution < -0.4 is 14.7 Å². The van der Waals surface area contributed by atoms with Gasteiger partial charge in [0.25, 0.3) is 0 Å². The molecule has 0 aromatic carbocycles. The molecule has 0 aromatic rings. The van der Waals surface area contributed by atoms with E-state index in [1.54, 1.807) is 0 Å². The quantitative estimate of drug-likeness (QED) is 0.349. The van der Waals surface area contributed by atoms with E-state index >= 15 is 0 Å². The summed E-state index contributed by atoms with van der Waals surface area (Å²) in [6, 6.07) is 0. The number of hydrogen-bond acceptors (Lipinski definition) is 3. The van der Waals surface area contributed by atoms with Gasteiger partial charge in [-0.3, -0.25) is 0 Å². The van der Waals surface area contributed by atoms with Gasteiger partial charge in [-0.2, -0.15) is 0 Å². The van der Waals surface area contributed by atoms with Gasteiger partial charge in [0, 0.05) is 0 Å². The summed E-state index contributed by atoms with van der Waals surface area (Å²) in [5, 5.41) is 0. The molecule has 3 nitrogen and oxygen atoms in total. The Morgan fingerprint density at radius 2 is 1.00 bits per heavy atom. The zero-order chi connectivity index (χ0) is 5.58. The summed E-state index contributed by atoms with van der Waals surface area (Å²) in [6.45, 7) is 4.00. The minimum Gasteiger partial charge on any atom is -0.854 e. The van der Waals surface area contributed by atoms with Crippen LogP contribution >= 0.6 is 8.60 Å². The molecule has 0 spiro atoms. The molecule has 0 bridgehead atoms. The zero-order valence-corrected chi connectivity index (χ0v) is 4.57. The minimum atomic E-state index is -3.37. The van der Waals surface area contributed by atoms with E-state index in [2.05, 4.69) is 0 Å². The van der Waals surface area contributed by atoms with Gasteiger partial charge in [0.05, 0.1) is 0 Å². The van der Waals surface area contributed by atoms with Crippen molar-refractivity contribution < 1.29 is 14.7 Å². The monoisotopic (exact) mass is 109 g/mol. The Kier molecular flexibility index (Phi) is 14.4. The summed E-state index contributed by atoms with van der Waals surface area (Å²) in [4.78, 5) is 25.4. The lowest BCUT2D eigenvalue weighted by Gasteiger charge is -2.39. The number of rotatable bonds is 0. The van der Waals surface area contributed by atoms with Crippen LogP contribution in [0, 0.1) is 0 Å². The second-order valence-electron chi connectivity index (χ2n) is 0.224. The molecule has 0 aliphatic carbocycles. The lowest BCUT2D eigenvalue weighted by Crippen LogP contribution is -2.18. The molecule has 0 heterocycles. The van der Waals surface area contributed by atoms with Crippen LogP contribution in [0.15, 0.2) is 0 Å². The fourth-order valence-electron chi connectivity index (χ4n) is 0. The molecular formula is C2H6O3P-3. The van der Waals surface area contributed by atoms with Gasteiger partial charge in [0.15, 0.2) is 0 Å². The van der Waals surface area contributed by atoms with Crippen LogP contribution in [0.4, 0.5) is 0 Å². The van der Waals surface area contributed by atoms with Crippen molar-refractivity contribution in [3.63, 3.8) is 0 Å². The first-order chi connectivity index (χ1) is 2.73. The standard InChI is InChI=1S/C2H6.O3P/c1-2;1-4(2)3/h1-2H3;/q;-3. The molecule has 0 rings (SSSR count). The fraction of sp³-hybridized carbons (Fsp3) is 1.00. The molecule has 40 valence electrons. The van der Waals surface area contributed by atoms with Crippen molar-refractivity contribution in [1.29, 1.82) is 0 Å². The van der Waals surface area contributed by atoms with Crippen LogP contribution in [-0.2, 0) is 0 Å². The molecule has 0 fully saturated rings. The van der Waals surface area contributed by atoms with Crippen molar-refractivity contribution in [1.82, 2.24) is 0 Å². The minimum absolute atomic E-state index is 2.00. The second-order valence-corrected chi connectivity index (χ2v) is 0.671. The first-order valence-corrected chi connectivity index (χ1v) is 2.64. The third-order valence-electron chi connectivity index (χ3n) is 0. The highest BCUT2D eigenvalue weighted by Crippen LogP contribution is 1.85. The van der Waals surface area contributed by atoms with Crippen molar-refractivity contribution in [2.24, 2.45) is 0 Å². The van der Waals surface area contributed by atoms with Crippen LogP contribution in [0.25, 0.3) is 0 Å². The SMILES string of the molecule is CC.[O-]P([O-])[O-]. The summed E-state index contributed by atoms with van der Waals surface area (Å²) in [5.74, 6) is 0. The molecule has 0 aliphatic rings. The van der Waals surface area contributed by atoms with Crippen LogP contribution in [0.2, 0.25) is 0 Å². The average molecular weight is 109 g/mol. The van der Waals surface area contributed by atoms with Gasteiger partial charge in [0.1, 0.15) is 0 Å². The predicted octanol–water partition coefficient (Wildman–Crippen LogP) is -1.68. The highest BCUT2D eigenvalue weighted by Gasteiger charge is 1.10. The van der Waals surface area contributed by atoms with Crippen LogP contribution in [0.3, 0.4) is 0 Å². The van der Waals surface area contributed by atoms with Crippen LogP contribution in [-0.4, -0.2) is 0 Å². The summed E-state index contributed by atoms with van der Waals surface area (Å²) in [7, 11) is -3.37. The van der Waals surface area contributed by atoms with Crippen molar-refractivity contribution in [3.8, 4) is 0 Å². The van der Waals surface area contributed by atoms with Gasteiger partial charge in [-0.05, 0) is 0 Å². The summed E-state index contributed by atoms with van der Waals surface area (Å²) in [5.41, 5.74) is 0. The van der Waals surface area contributed by atoms with Gasteiger partial charge in [0.2, 0.25) is 0 Å². The van der Waals surface area contributed by atoms with Gasteiger partial charge in [-0.25, -0.2) is 0 Å². The third-order valence-corrected chi connectivity index (χ3v) is 0. The van der Waals surface area contributed by atoms with E-state index < -0.39 is 8.60 Å². The molecule has 0 aromatic heterocycles. The van der Waals surface area contributed by atoms with Crippen LogP contribution in [0.5, 0.6) is 0 Å². The van der Waals surface area contributed by atoms with E-state index in [-0.39, 0.29) is 0 Å². The van der Waals surface area contributed by atoms with Gasteiger partial charge in [-0.1, -0.05) is 13.8 Å². The topological polar surface area (TPSA) is 69.2 Å². The van der Waals surface area contributed by atoms with E-state index in [4.69, 9.17) is 14.7 Å². The molecule has 0 unspecified atom stereocenters. The van der Waals surface area contributed by atoms with Gasteiger partial charge < -0.3 is 23.3 Å². The van der Waals surface area contributed by atoms with E-state index in [0.717, 1.165) is 0 Å². The van der Waals surface area contributed by atoms with Gasteiger partial charge in [-0.15, -0.1) is 0 Å². The molecule has 0 N–H and O–H groups in total. The molecule has 6 heavy (non-hydrogen) atoms. The molecule has 0 radical (unpaired) electrons. The normalized spacial score (nSPS) is 7.00. The van der Waals surface area contributed by atoms with Crippen molar-refractivity contribution in [2.75, 3.05) is 0 Å². The summed E-state index contributed by atoms with van der Waals surface area (Å²) in [6.07, 6.45) is 0. The zero-order valence-electron chi connectivity index (χ0n) is 3.67. The Labute approximate surface area is 38.3 Å². The maximum atomic E-state index is 8.48. The molecule has 0 amide bonds. The lowest BCUT2D eigenvalue weighted by molar-refractivity contribution is -0.407. The highest BCUT2D eigenvalue weighted by atomic mass is 31.2. The highest BCUT2D eigenvalue weighted by molar-refractivity contribution is 7.33. The molecule has 0 atom stereocenters. The molecule has 4 heteroatoms. The number of hydrogen-bond donors (Lipinski definition) is 0.